The minimum absolute atomic E-state index is 0.314. The molecule has 3 aliphatic rings. The van der Waals surface area contributed by atoms with E-state index in [-0.39, 0.29) is 5.82 Å². The average molecular weight is 570 g/mol. The second-order valence-electron chi connectivity index (χ2n) is 11.6. The van der Waals surface area contributed by atoms with Gasteiger partial charge in [0.2, 0.25) is 5.95 Å². The van der Waals surface area contributed by atoms with Gasteiger partial charge < -0.3 is 19.7 Å². The molecule has 9 nitrogen and oxygen atoms in total. The maximum Gasteiger partial charge on any atom is 0.296 e. The van der Waals surface area contributed by atoms with E-state index in [0.717, 1.165) is 38.5 Å². The van der Waals surface area contributed by atoms with Crippen molar-refractivity contribution in [1.29, 1.82) is 0 Å². The van der Waals surface area contributed by atoms with Gasteiger partial charge in [0, 0.05) is 51.9 Å². The Labute approximate surface area is 240 Å². The highest BCUT2D eigenvalue weighted by Gasteiger charge is 2.31. The van der Waals surface area contributed by atoms with E-state index in [2.05, 4.69) is 20.1 Å². The number of halogens is 2. The number of alkyl halides is 2. The van der Waals surface area contributed by atoms with Crippen LogP contribution in [0.2, 0.25) is 0 Å². The zero-order chi connectivity index (χ0) is 28.2. The van der Waals surface area contributed by atoms with Crippen LogP contribution in [0.3, 0.4) is 0 Å². The number of imidazole rings is 1. The minimum Gasteiger partial charge on any atom is -0.383 e. The molecule has 2 aliphatic carbocycles. The van der Waals surface area contributed by atoms with Crippen LogP contribution in [0.25, 0.3) is 16.9 Å². The van der Waals surface area contributed by atoms with E-state index >= 15 is 0 Å². The van der Waals surface area contributed by atoms with Gasteiger partial charge in [-0.25, -0.2) is 13.8 Å². The number of aromatic nitrogens is 4. The molecule has 0 unspecified atom stereocenters. The van der Waals surface area contributed by atoms with Gasteiger partial charge in [-0.1, -0.05) is 12.1 Å². The lowest BCUT2D eigenvalue weighted by molar-refractivity contribution is 0.0902. The third-order valence-corrected chi connectivity index (χ3v) is 8.70. The molecule has 0 amide bonds. The number of ether oxygens (including phenoxy) is 2. The molecule has 1 N–H and O–H groups in total. The second kappa shape index (κ2) is 13.0. The standard InChI is InChI=1S/C30H41F2N7O2/c1-40-15-12-38(20-22-6-7-22)23-10-8-21(9-11-23)19-33-30-35-26(37-13-16-41-17-14-37)18-27(36-30)39-25-5-3-2-4-24(25)34-29(39)28(31)32/h2-5,18,21-23,28H,6-17,19-20H2,1H3,(H,33,35,36). The smallest absolute Gasteiger partial charge is 0.296 e. The Balaban J connectivity index is 1.19. The molecule has 0 spiro atoms. The van der Waals surface area contributed by atoms with Gasteiger partial charge in [-0.15, -0.1) is 0 Å². The fourth-order valence-electron chi connectivity index (χ4n) is 6.22. The van der Waals surface area contributed by atoms with E-state index in [4.69, 9.17) is 19.4 Å². The average Bonchev–Trinajstić information content (AvgIpc) is 3.74. The fourth-order valence-corrected chi connectivity index (χ4v) is 6.22. The maximum atomic E-state index is 14.1. The predicted octanol–water partition coefficient (Wildman–Crippen LogP) is 4.92. The van der Waals surface area contributed by atoms with Crippen molar-refractivity contribution in [3.63, 3.8) is 0 Å². The number of nitrogens with one attached hydrogen (secondary N) is 1. The quantitative estimate of drug-likeness (QED) is 0.329. The van der Waals surface area contributed by atoms with Crippen molar-refractivity contribution in [1.82, 2.24) is 24.4 Å². The molecule has 2 aromatic heterocycles. The largest absolute Gasteiger partial charge is 0.383 e. The van der Waals surface area contributed by atoms with Crippen LogP contribution >= 0.6 is 0 Å². The first-order valence-corrected chi connectivity index (χ1v) is 15.0. The lowest BCUT2D eigenvalue weighted by Gasteiger charge is -2.37. The summed E-state index contributed by atoms with van der Waals surface area (Å²) in [5, 5.41) is 3.48. The Morgan fingerprint density at radius 1 is 1.00 bits per heavy atom. The topological polar surface area (TPSA) is 80.6 Å². The van der Waals surface area contributed by atoms with E-state index in [1.807, 2.05) is 6.07 Å². The Bertz CT molecular complexity index is 1290. The van der Waals surface area contributed by atoms with Crippen molar-refractivity contribution in [3.8, 4) is 5.82 Å². The molecule has 222 valence electrons. The molecule has 6 rings (SSSR count). The van der Waals surface area contributed by atoms with Gasteiger partial charge >= 0.3 is 0 Å². The molecule has 1 saturated heterocycles. The number of para-hydroxylation sites is 2. The van der Waals surface area contributed by atoms with Crippen molar-refractivity contribution in [2.75, 3.05) is 69.9 Å². The third kappa shape index (κ3) is 6.79. The number of nitrogens with zero attached hydrogens (tertiary/aromatic N) is 6. The molecule has 0 radical (unpaired) electrons. The number of benzene rings is 1. The van der Waals surface area contributed by atoms with Crippen LogP contribution < -0.4 is 10.2 Å². The SMILES string of the molecule is COCCN(CC1CC1)C1CCC(CNc2nc(N3CCOCC3)cc(-n3c(C(F)F)nc4ccccc43)n2)CC1. The van der Waals surface area contributed by atoms with Crippen molar-refractivity contribution in [2.45, 2.75) is 51.0 Å². The van der Waals surface area contributed by atoms with Gasteiger partial charge in [-0.3, -0.25) is 9.47 Å². The molecular weight excluding hydrogens is 528 g/mol. The molecule has 3 aromatic rings. The van der Waals surface area contributed by atoms with Gasteiger partial charge in [0.15, 0.2) is 5.82 Å². The van der Waals surface area contributed by atoms with Crippen LogP contribution in [0.5, 0.6) is 0 Å². The van der Waals surface area contributed by atoms with Crippen molar-refractivity contribution >= 4 is 22.8 Å². The molecule has 2 saturated carbocycles. The van der Waals surface area contributed by atoms with Crippen molar-refractivity contribution < 1.29 is 18.3 Å². The van der Waals surface area contributed by atoms with Crippen molar-refractivity contribution in [3.05, 3.63) is 36.2 Å². The second-order valence-corrected chi connectivity index (χ2v) is 11.6. The van der Waals surface area contributed by atoms with Crippen LogP contribution in [0.4, 0.5) is 20.5 Å². The fraction of sp³-hybridized carbons (Fsp3) is 0.633. The van der Waals surface area contributed by atoms with E-state index < -0.39 is 6.43 Å². The molecule has 1 aliphatic heterocycles. The summed E-state index contributed by atoms with van der Waals surface area (Å²) in [5.41, 5.74) is 1.12. The first-order chi connectivity index (χ1) is 20.1. The summed E-state index contributed by atoms with van der Waals surface area (Å²) in [4.78, 5) is 18.6. The molecule has 11 heteroatoms. The lowest BCUT2D eigenvalue weighted by Crippen LogP contribution is -2.42. The van der Waals surface area contributed by atoms with E-state index in [1.165, 1.54) is 36.8 Å². The molecule has 0 atom stereocenters. The molecule has 0 bridgehead atoms. The summed E-state index contributed by atoms with van der Waals surface area (Å²) in [5.74, 6) is 2.63. The van der Waals surface area contributed by atoms with Crippen LogP contribution in [0.15, 0.2) is 30.3 Å². The molecular formula is C30H41F2N7O2. The number of hydrogen-bond acceptors (Lipinski definition) is 8. The monoisotopic (exact) mass is 569 g/mol. The Hall–Kier alpha value is -2.89. The summed E-state index contributed by atoms with van der Waals surface area (Å²) in [6.45, 7) is 6.33. The lowest BCUT2D eigenvalue weighted by atomic mass is 9.85. The zero-order valence-electron chi connectivity index (χ0n) is 23.9. The van der Waals surface area contributed by atoms with E-state index in [0.29, 0.717) is 66.9 Å². The Morgan fingerprint density at radius 3 is 2.46 bits per heavy atom. The maximum absolute atomic E-state index is 14.1. The summed E-state index contributed by atoms with van der Waals surface area (Å²) in [6.07, 6.45) is 4.64. The molecule has 1 aromatic carbocycles. The van der Waals surface area contributed by atoms with E-state index in [9.17, 15) is 8.78 Å². The predicted molar refractivity (Wildman–Crippen MR) is 155 cm³/mol. The first-order valence-electron chi connectivity index (χ1n) is 15.0. The van der Waals surface area contributed by atoms with Crippen molar-refractivity contribution in [2.24, 2.45) is 11.8 Å². The van der Waals surface area contributed by atoms with Gasteiger partial charge in [-0.05, 0) is 62.5 Å². The van der Waals surface area contributed by atoms with Crippen LogP contribution in [0.1, 0.15) is 50.8 Å². The molecule has 41 heavy (non-hydrogen) atoms. The Morgan fingerprint density at radius 2 is 1.73 bits per heavy atom. The van der Waals surface area contributed by atoms with E-state index in [1.54, 1.807) is 31.4 Å². The van der Waals surface area contributed by atoms with Crippen LogP contribution in [0, 0.1) is 11.8 Å². The summed E-state index contributed by atoms with van der Waals surface area (Å²) in [7, 11) is 1.78. The summed E-state index contributed by atoms with van der Waals surface area (Å²) in [6, 6.07) is 9.59. The van der Waals surface area contributed by atoms with Gasteiger partial charge in [0.05, 0.1) is 30.9 Å². The number of fused-ring (bicyclic) bond motifs is 1. The number of methoxy groups -OCH3 is 1. The summed E-state index contributed by atoms with van der Waals surface area (Å²) < 4.78 is 40.7. The van der Waals surface area contributed by atoms with Crippen LogP contribution in [-0.4, -0.2) is 90.1 Å². The Kier molecular flexibility index (Phi) is 8.92. The normalized spacial score (nSPS) is 21.7. The van der Waals surface area contributed by atoms with Gasteiger partial charge in [-0.2, -0.15) is 9.97 Å². The van der Waals surface area contributed by atoms with Crippen LogP contribution in [-0.2, 0) is 9.47 Å². The highest BCUT2D eigenvalue weighted by Crippen LogP contribution is 2.34. The number of morpholine rings is 1. The van der Waals surface area contributed by atoms with Gasteiger partial charge in [0.1, 0.15) is 11.6 Å². The first kappa shape index (κ1) is 28.2. The number of rotatable bonds is 12. The van der Waals surface area contributed by atoms with Gasteiger partial charge in [0.25, 0.3) is 6.43 Å². The zero-order valence-corrected chi connectivity index (χ0v) is 23.9. The molecule has 3 heterocycles. The highest BCUT2D eigenvalue weighted by molar-refractivity contribution is 5.78. The number of anilines is 2. The number of hydrogen-bond donors (Lipinski definition) is 1. The minimum atomic E-state index is -2.74. The highest BCUT2D eigenvalue weighted by atomic mass is 19.3. The summed E-state index contributed by atoms with van der Waals surface area (Å²) >= 11 is 0. The third-order valence-electron chi connectivity index (χ3n) is 8.70. The molecule has 3 fully saturated rings.